The molecule has 0 bridgehead atoms. The van der Waals surface area contributed by atoms with Crippen molar-refractivity contribution in [3.05, 3.63) is 58.2 Å². The van der Waals surface area contributed by atoms with E-state index < -0.39 is 0 Å². The number of hydrogen-bond acceptors (Lipinski definition) is 1. The van der Waals surface area contributed by atoms with Gasteiger partial charge in [-0.15, -0.1) is 11.3 Å². The van der Waals surface area contributed by atoms with Crippen LogP contribution in [0.5, 0.6) is 0 Å². The Morgan fingerprint density at radius 1 is 1.11 bits per heavy atom. The molecule has 0 unspecified atom stereocenters. The first-order chi connectivity index (χ1) is 8.78. The summed E-state index contributed by atoms with van der Waals surface area (Å²) < 4.78 is 15.7. The minimum absolute atomic E-state index is 0.147. The van der Waals surface area contributed by atoms with Crippen LogP contribution in [0.4, 0.5) is 4.39 Å². The van der Waals surface area contributed by atoms with E-state index in [1.165, 1.54) is 15.8 Å². The van der Waals surface area contributed by atoms with Crippen molar-refractivity contribution in [3.8, 4) is 0 Å². The average Bonchev–Trinajstić information content (AvgIpc) is 2.98. The van der Waals surface area contributed by atoms with E-state index in [1.807, 2.05) is 29.7 Å². The summed E-state index contributed by atoms with van der Waals surface area (Å²) in [7, 11) is 0. The third-order valence-corrected chi connectivity index (χ3v) is 4.37. The highest BCUT2D eigenvalue weighted by Crippen LogP contribution is 2.23. The van der Waals surface area contributed by atoms with E-state index >= 15 is 0 Å². The van der Waals surface area contributed by atoms with E-state index in [1.54, 1.807) is 6.07 Å². The van der Waals surface area contributed by atoms with Gasteiger partial charge in [0, 0.05) is 21.3 Å². The highest BCUT2D eigenvalue weighted by molar-refractivity contribution is 7.11. The molecule has 0 N–H and O–H groups in total. The van der Waals surface area contributed by atoms with Crippen LogP contribution in [0.2, 0.25) is 0 Å². The highest BCUT2D eigenvalue weighted by atomic mass is 32.1. The lowest BCUT2D eigenvalue weighted by Crippen LogP contribution is -1.95. The Kier molecular flexibility index (Phi) is 2.92. The van der Waals surface area contributed by atoms with Crippen molar-refractivity contribution in [3.63, 3.8) is 0 Å². The van der Waals surface area contributed by atoms with Gasteiger partial charge in [-0.3, -0.25) is 0 Å². The van der Waals surface area contributed by atoms with Gasteiger partial charge < -0.3 is 4.57 Å². The zero-order chi connectivity index (χ0) is 12.5. The summed E-state index contributed by atoms with van der Waals surface area (Å²) in [5, 5.41) is 0.699. The first kappa shape index (κ1) is 11.5. The molecular formula is C15H14FNS. The van der Waals surface area contributed by atoms with Crippen LogP contribution in [0.3, 0.4) is 0 Å². The third-order valence-electron chi connectivity index (χ3n) is 3.15. The Labute approximate surface area is 109 Å². The molecule has 3 aromatic rings. The molecule has 0 saturated carbocycles. The van der Waals surface area contributed by atoms with Crippen LogP contribution in [0.15, 0.2) is 42.6 Å². The Morgan fingerprint density at radius 3 is 2.72 bits per heavy atom. The zero-order valence-corrected chi connectivity index (χ0v) is 11.0. The minimum Gasteiger partial charge on any atom is -0.342 e. The molecule has 92 valence electrons. The van der Waals surface area contributed by atoms with Crippen molar-refractivity contribution < 1.29 is 4.39 Å². The third kappa shape index (κ3) is 1.95. The molecule has 0 aliphatic carbocycles. The Balaban J connectivity index is 1.97. The minimum atomic E-state index is -0.147. The molecule has 0 saturated heterocycles. The Hall–Kier alpha value is -1.61. The van der Waals surface area contributed by atoms with E-state index in [0.717, 1.165) is 18.5 Å². The van der Waals surface area contributed by atoms with Gasteiger partial charge in [-0.2, -0.15) is 0 Å². The first-order valence-electron chi connectivity index (χ1n) is 6.09. The molecule has 1 nitrogen and oxygen atoms in total. The molecule has 0 aliphatic heterocycles. The fourth-order valence-electron chi connectivity index (χ4n) is 2.19. The van der Waals surface area contributed by atoms with Gasteiger partial charge in [0.2, 0.25) is 0 Å². The second-order valence-corrected chi connectivity index (χ2v) is 5.59. The molecule has 2 aromatic heterocycles. The number of aromatic nitrogens is 1. The predicted molar refractivity (Wildman–Crippen MR) is 74.7 cm³/mol. The number of aryl methyl sites for hydroxylation is 1. The largest absolute Gasteiger partial charge is 0.342 e. The molecule has 0 spiro atoms. The molecule has 0 radical (unpaired) electrons. The molecule has 3 rings (SSSR count). The number of halogens is 1. The van der Waals surface area contributed by atoms with Gasteiger partial charge in [0.15, 0.2) is 0 Å². The fourth-order valence-corrected chi connectivity index (χ4v) is 3.15. The quantitative estimate of drug-likeness (QED) is 0.654. The number of rotatable bonds is 3. The summed E-state index contributed by atoms with van der Waals surface area (Å²) in [4.78, 5) is 2.71. The van der Waals surface area contributed by atoms with Crippen LogP contribution in [0, 0.1) is 5.82 Å². The summed E-state index contributed by atoms with van der Waals surface area (Å²) in [5.41, 5.74) is 0.960. The summed E-state index contributed by atoms with van der Waals surface area (Å²) in [6, 6.07) is 11.4. The van der Waals surface area contributed by atoms with E-state index in [2.05, 4.69) is 23.6 Å². The number of thiophene rings is 1. The van der Waals surface area contributed by atoms with Gasteiger partial charge in [-0.05, 0) is 36.8 Å². The predicted octanol–water partition coefficient (Wildman–Crippen LogP) is 4.45. The van der Waals surface area contributed by atoms with E-state index in [9.17, 15) is 4.39 Å². The fraction of sp³-hybridized carbons (Fsp3) is 0.200. The molecule has 3 heteroatoms. The maximum atomic E-state index is 13.6. The molecule has 1 aromatic carbocycles. The van der Waals surface area contributed by atoms with Gasteiger partial charge >= 0.3 is 0 Å². The smallest absolute Gasteiger partial charge is 0.132 e. The maximum absolute atomic E-state index is 13.6. The molecule has 18 heavy (non-hydrogen) atoms. The monoisotopic (exact) mass is 259 g/mol. The lowest BCUT2D eigenvalue weighted by molar-refractivity contribution is 0.639. The van der Waals surface area contributed by atoms with Crippen molar-refractivity contribution in [1.82, 2.24) is 4.57 Å². The lowest BCUT2D eigenvalue weighted by Gasteiger charge is -2.03. The van der Waals surface area contributed by atoms with Gasteiger partial charge in [0.25, 0.3) is 0 Å². The van der Waals surface area contributed by atoms with E-state index in [0.29, 0.717) is 5.39 Å². The van der Waals surface area contributed by atoms with Crippen molar-refractivity contribution in [2.45, 2.75) is 19.9 Å². The standard InChI is InChI=1S/C15H14FNS/c1-2-11-6-7-12(18-11)10-17-9-8-13-14(16)4-3-5-15(13)17/h3-9H,2,10H2,1H3. The Bertz CT molecular complexity index is 681. The van der Waals surface area contributed by atoms with Crippen LogP contribution >= 0.6 is 11.3 Å². The number of fused-ring (bicyclic) bond motifs is 1. The van der Waals surface area contributed by atoms with Crippen molar-refractivity contribution in [1.29, 1.82) is 0 Å². The molecule has 0 aliphatic rings. The van der Waals surface area contributed by atoms with Crippen LogP contribution in [0.1, 0.15) is 16.7 Å². The summed E-state index contributed by atoms with van der Waals surface area (Å²) in [5.74, 6) is -0.147. The van der Waals surface area contributed by atoms with Crippen LogP contribution in [-0.4, -0.2) is 4.57 Å². The summed E-state index contributed by atoms with van der Waals surface area (Å²) >= 11 is 1.83. The summed E-state index contributed by atoms with van der Waals surface area (Å²) in [6.07, 6.45) is 3.03. The highest BCUT2D eigenvalue weighted by Gasteiger charge is 2.06. The normalized spacial score (nSPS) is 11.2. The first-order valence-corrected chi connectivity index (χ1v) is 6.90. The molecule has 0 atom stereocenters. The second kappa shape index (κ2) is 4.58. The van der Waals surface area contributed by atoms with Gasteiger partial charge in [0.1, 0.15) is 5.82 Å². The average molecular weight is 259 g/mol. The number of nitrogens with zero attached hydrogens (tertiary/aromatic N) is 1. The van der Waals surface area contributed by atoms with Crippen LogP contribution in [0.25, 0.3) is 10.9 Å². The van der Waals surface area contributed by atoms with E-state index in [-0.39, 0.29) is 5.82 Å². The SMILES string of the molecule is CCc1ccc(Cn2ccc3c(F)cccc32)s1. The maximum Gasteiger partial charge on any atom is 0.132 e. The zero-order valence-electron chi connectivity index (χ0n) is 10.2. The van der Waals surface area contributed by atoms with Crippen molar-refractivity contribution in [2.75, 3.05) is 0 Å². The topological polar surface area (TPSA) is 4.93 Å². The number of hydrogen-bond donors (Lipinski definition) is 0. The van der Waals surface area contributed by atoms with Crippen molar-refractivity contribution >= 4 is 22.2 Å². The lowest BCUT2D eigenvalue weighted by atomic mass is 10.2. The number of benzene rings is 1. The van der Waals surface area contributed by atoms with E-state index in [4.69, 9.17) is 0 Å². The van der Waals surface area contributed by atoms with Crippen molar-refractivity contribution in [2.24, 2.45) is 0 Å². The van der Waals surface area contributed by atoms with Gasteiger partial charge in [-0.25, -0.2) is 4.39 Å². The molecule has 0 fully saturated rings. The second-order valence-electron chi connectivity index (χ2n) is 4.34. The molecule has 0 amide bonds. The molecular weight excluding hydrogens is 245 g/mol. The Morgan fingerprint density at radius 2 is 1.94 bits per heavy atom. The molecule has 2 heterocycles. The van der Waals surface area contributed by atoms with Crippen LogP contribution < -0.4 is 0 Å². The van der Waals surface area contributed by atoms with Crippen LogP contribution in [-0.2, 0) is 13.0 Å². The summed E-state index contributed by atoms with van der Waals surface area (Å²) in [6.45, 7) is 2.98. The van der Waals surface area contributed by atoms with Gasteiger partial charge in [-0.1, -0.05) is 13.0 Å². The van der Waals surface area contributed by atoms with Gasteiger partial charge in [0.05, 0.1) is 12.1 Å².